The number of rotatable bonds is 6. The van der Waals surface area contributed by atoms with Crippen molar-refractivity contribution in [3.63, 3.8) is 0 Å². The van der Waals surface area contributed by atoms with Crippen LogP contribution >= 0.6 is 11.3 Å². The summed E-state index contributed by atoms with van der Waals surface area (Å²) in [5, 5.41) is 15.6. The lowest BCUT2D eigenvalue weighted by Crippen LogP contribution is -2.38. The Bertz CT molecular complexity index is 622. The molecule has 1 heterocycles. The summed E-state index contributed by atoms with van der Waals surface area (Å²) >= 11 is 1.45. The van der Waals surface area contributed by atoms with E-state index in [0.717, 1.165) is 30.7 Å². The Balaban J connectivity index is 1.83. The largest absolute Gasteiger partial charge is 0.444 e. The second-order valence-corrected chi connectivity index (χ2v) is 8.81. The molecule has 8 heteroatoms. The molecule has 1 aromatic heterocycles. The Morgan fingerprint density at radius 2 is 1.92 bits per heavy atom. The van der Waals surface area contributed by atoms with E-state index in [-0.39, 0.29) is 17.9 Å². The Morgan fingerprint density at radius 3 is 2.54 bits per heavy atom. The van der Waals surface area contributed by atoms with Gasteiger partial charge in [0.1, 0.15) is 10.6 Å². The minimum atomic E-state index is -0.524. The van der Waals surface area contributed by atoms with Crippen LogP contribution < -0.4 is 10.6 Å². The van der Waals surface area contributed by atoms with Crippen molar-refractivity contribution in [2.45, 2.75) is 84.3 Å². The lowest BCUT2D eigenvalue weighted by molar-refractivity contribution is -0.119. The fourth-order valence-electron chi connectivity index (χ4n) is 3.12. The third kappa shape index (κ3) is 5.93. The van der Waals surface area contributed by atoms with Crippen molar-refractivity contribution >= 4 is 28.5 Å². The molecule has 0 aromatic carbocycles. The lowest BCUT2D eigenvalue weighted by atomic mass is 10.1. The van der Waals surface area contributed by atoms with Crippen LogP contribution in [0, 0.1) is 5.92 Å². The number of nitrogens with zero attached hydrogens (tertiary/aromatic N) is 2. The normalized spacial score (nSPS) is 20.2. The number of anilines is 1. The summed E-state index contributed by atoms with van der Waals surface area (Å²) in [4.78, 5) is 24.3. The van der Waals surface area contributed by atoms with E-state index in [1.54, 1.807) is 0 Å². The molecule has 0 unspecified atom stereocenters. The van der Waals surface area contributed by atoms with Crippen LogP contribution in [0.5, 0.6) is 0 Å². The van der Waals surface area contributed by atoms with Gasteiger partial charge in [-0.25, -0.2) is 4.79 Å². The highest BCUT2D eigenvalue weighted by atomic mass is 32.1. The van der Waals surface area contributed by atoms with E-state index in [1.165, 1.54) is 11.3 Å². The molecule has 146 valence electrons. The molecule has 1 aliphatic rings. The van der Waals surface area contributed by atoms with Crippen LogP contribution in [0.25, 0.3) is 0 Å². The molecule has 7 nitrogen and oxygen atoms in total. The maximum atomic E-state index is 12.5. The Hall–Kier alpha value is -1.70. The van der Waals surface area contributed by atoms with Gasteiger partial charge >= 0.3 is 6.09 Å². The molecule has 0 spiro atoms. The number of hydrogen-bond donors (Lipinski definition) is 2. The number of ether oxygens (including phenoxy) is 1. The zero-order chi connectivity index (χ0) is 19.3. The molecule has 1 fully saturated rings. The zero-order valence-electron chi connectivity index (χ0n) is 16.3. The van der Waals surface area contributed by atoms with Crippen LogP contribution in [0.1, 0.15) is 77.6 Å². The molecule has 0 bridgehead atoms. The molecule has 1 saturated carbocycles. The number of aromatic nitrogens is 2. The number of nitrogens with one attached hydrogen (secondary N) is 2. The topological polar surface area (TPSA) is 93.2 Å². The van der Waals surface area contributed by atoms with E-state index in [9.17, 15) is 9.59 Å². The predicted molar refractivity (Wildman–Crippen MR) is 102 cm³/mol. The summed E-state index contributed by atoms with van der Waals surface area (Å²) in [5.41, 5.74) is -0.524. The molecule has 0 aliphatic heterocycles. The van der Waals surface area contributed by atoms with Gasteiger partial charge in [0.05, 0.1) is 0 Å². The Kier molecular flexibility index (Phi) is 6.97. The molecule has 0 saturated heterocycles. The zero-order valence-corrected chi connectivity index (χ0v) is 17.1. The smallest absolute Gasteiger partial charge is 0.407 e. The maximum Gasteiger partial charge on any atom is 0.407 e. The molecule has 2 atom stereocenters. The predicted octanol–water partition coefficient (Wildman–Crippen LogP) is 4.07. The summed E-state index contributed by atoms with van der Waals surface area (Å²) in [5.74, 6) is 0.216. The van der Waals surface area contributed by atoms with Gasteiger partial charge in [0, 0.05) is 17.9 Å². The summed E-state index contributed by atoms with van der Waals surface area (Å²) in [6.45, 7) is 9.74. The number of amides is 2. The van der Waals surface area contributed by atoms with Gasteiger partial charge in [0.2, 0.25) is 11.0 Å². The van der Waals surface area contributed by atoms with Gasteiger partial charge < -0.3 is 15.4 Å². The van der Waals surface area contributed by atoms with E-state index in [1.807, 2.05) is 20.8 Å². The first-order chi connectivity index (χ1) is 12.2. The highest BCUT2D eigenvalue weighted by molar-refractivity contribution is 7.15. The van der Waals surface area contributed by atoms with Crippen molar-refractivity contribution in [3.05, 3.63) is 5.01 Å². The molecule has 1 aliphatic carbocycles. The molecule has 2 rings (SSSR count). The van der Waals surface area contributed by atoms with Crippen LogP contribution in [0.4, 0.5) is 9.93 Å². The van der Waals surface area contributed by atoms with E-state index in [2.05, 4.69) is 34.7 Å². The molecule has 1 aromatic rings. The minimum absolute atomic E-state index is 0.0323. The number of hydrogen-bond acceptors (Lipinski definition) is 6. The maximum absolute atomic E-state index is 12.5. The first-order valence-electron chi connectivity index (χ1n) is 9.35. The van der Waals surface area contributed by atoms with Crippen molar-refractivity contribution < 1.29 is 14.3 Å². The number of carbonyl (C=O) groups excluding carboxylic acids is 2. The van der Waals surface area contributed by atoms with Gasteiger partial charge in [-0.3, -0.25) is 4.79 Å². The van der Waals surface area contributed by atoms with Gasteiger partial charge in [-0.2, -0.15) is 0 Å². The van der Waals surface area contributed by atoms with E-state index in [0.29, 0.717) is 17.5 Å². The van der Waals surface area contributed by atoms with Crippen LogP contribution in [0.2, 0.25) is 0 Å². The van der Waals surface area contributed by atoms with Gasteiger partial charge in [-0.15, -0.1) is 10.2 Å². The van der Waals surface area contributed by atoms with E-state index in [4.69, 9.17) is 4.74 Å². The average Bonchev–Trinajstić information content (AvgIpc) is 3.16. The highest BCUT2D eigenvalue weighted by Gasteiger charge is 2.32. The summed E-state index contributed by atoms with van der Waals surface area (Å²) in [6.07, 6.45) is 3.72. The van der Waals surface area contributed by atoms with Crippen LogP contribution in [0.3, 0.4) is 0 Å². The van der Waals surface area contributed by atoms with Gasteiger partial charge in [0.15, 0.2) is 0 Å². The van der Waals surface area contributed by atoms with Gasteiger partial charge in [-0.05, 0) is 52.9 Å². The SMILES string of the molecule is CCC(CC)c1nnc(NC(=O)[C@@H]2CC[C@H](NC(=O)OC(C)(C)C)C2)s1. The fraction of sp³-hybridized carbons (Fsp3) is 0.778. The first kappa shape index (κ1) is 20.6. The van der Waals surface area contributed by atoms with Crippen LogP contribution in [0.15, 0.2) is 0 Å². The molecule has 2 amide bonds. The van der Waals surface area contributed by atoms with Gasteiger partial charge in [-0.1, -0.05) is 25.2 Å². The van der Waals surface area contributed by atoms with Crippen molar-refractivity contribution in [3.8, 4) is 0 Å². The molecule has 26 heavy (non-hydrogen) atoms. The monoisotopic (exact) mass is 382 g/mol. The molecular formula is C18H30N4O3S. The Labute approximate surface area is 159 Å². The second kappa shape index (κ2) is 8.79. The van der Waals surface area contributed by atoms with E-state index >= 15 is 0 Å². The highest BCUT2D eigenvalue weighted by Crippen LogP contribution is 2.30. The van der Waals surface area contributed by atoms with Crippen molar-refractivity contribution in [2.24, 2.45) is 5.92 Å². The molecule has 0 radical (unpaired) electrons. The van der Waals surface area contributed by atoms with Gasteiger partial charge in [0.25, 0.3) is 0 Å². The summed E-state index contributed by atoms with van der Waals surface area (Å²) in [6, 6.07) is -0.0323. The van der Waals surface area contributed by atoms with Crippen LogP contribution in [-0.4, -0.2) is 33.8 Å². The number of alkyl carbamates (subject to hydrolysis) is 1. The minimum Gasteiger partial charge on any atom is -0.444 e. The molecular weight excluding hydrogens is 352 g/mol. The van der Waals surface area contributed by atoms with Crippen molar-refractivity contribution in [2.75, 3.05) is 5.32 Å². The Morgan fingerprint density at radius 1 is 1.23 bits per heavy atom. The second-order valence-electron chi connectivity index (χ2n) is 7.80. The first-order valence-corrected chi connectivity index (χ1v) is 10.2. The third-order valence-corrected chi connectivity index (χ3v) is 5.53. The third-order valence-electron chi connectivity index (χ3n) is 4.53. The lowest BCUT2D eigenvalue weighted by Gasteiger charge is -2.21. The molecule has 2 N–H and O–H groups in total. The average molecular weight is 383 g/mol. The number of carbonyl (C=O) groups is 2. The van der Waals surface area contributed by atoms with E-state index < -0.39 is 11.7 Å². The van der Waals surface area contributed by atoms with Crippen molar-refractivity contribution in [1.29, 1.82) is 0 Å². The standard InChI is InChI=1S/C18H30N4O3S/c1-6-11(7-2)15-21-22-16(26-15)20-14(23)12-8-9-13(10-12)19-17(24)25-18(3,4)5/h11-13H,6-10H2,1-5H3,(H,19,24)(H,20,22,23)/t12-,13+/m1/s1. The quantitative estimate of drug-likeness (QED) is 0.773. The summed E-state index contributed by atoms with van der Waals surface area (Å²) in [7, 11) is 0. The summed E-state index contributed by atoms with van der Waals surface area (Å²) < 4.78 is 5.27. The fourth-order valence-corrected chi connectivity index (χ4v) is 4.13. The van der Waals surface area contributed by atoms with Crippen LogP contribution in [-0.2, 0) is 9.53 Å². The van der Waals surface area contributed by atoms with Crippen molar-refractivity contribution in [1.82, 2.24) is 15.5 Å².